The van der Waals surface area contributed by atoms with Crippen LogP contribution in [0.3, 0.4) is 0 Å². The fourth-order valence-electron chi connectivity index (χ4n) is 10.4. The first-order valence-corrected chi connectivity index (χ1v) is 13.4. The maximum Gasteiger partial charge on any atom is 0.136 e. The predicted molar refractivity (Wildman–Crippen MR) is 120 cm³/mol. The van der Waals surface area contributed by atoms with Gasteiger partial charge >= 0.3 is 0 Å². The van der Waals surface area contributed by atoms with Crippen LogP contribution in [0.15, 0.2) is 0 Å². The molecule has 0 bridgehead atoms. The van der Waals surface area contributed by atoms with Crippen LogP contribution in [0.25, 0.3) is 0 Å². The van der Waals surface area contributed by atoms with E-state index in [4.69, 9.17) is 0 Å². The highest BCUT2D eigenvalue weighted by molar-refractivity contribution is 5.83. The predicted octanol–water partition coefficient (Wildman–Crippen LogP) is 3.89. The van der Waals surface area contributed by atoms with Crippen LogP contribution in [-0.4, -0.2) is 51.7 Å². The number of carbonyl (C=O) groups is 1. The first kappa shape index (κ1) is 21.1. The third kappa shape index (κ3) is 2.93. The number of ketones is 1. The molecule has 0 radical (unpaired) electrons. The summed E-state index contributed by atoms with van der Waals surface area (Å²) in [6.07, 6.45) is 9.08. The standard InChI is InChI=1S/C27H43NO3/c1-15-4-7-25-27(3,31)21-6-5-17-18(20(21)14-28(25)13-15)11-22-19(17)12-24(30)23-10-16(29)8-9-26(22,23)2/h15-23,25,29,31H,4-14H2,1-3H3/t15-,16-,17+,18+,19-,20-,21+,22-,23+,25-,26-,27-/m0/s1. The molecule has 2 aliphatic heterocycles. The Kier molecular flexibility index (Phi) is 4.78. The lowest BCUT2D eigenvalue weighted by molar-refractivity contribution is -0.175. The van der Waals surface area contributed by atoms with Crippen molar-refractivity contribution in [1.82, 2.24) is 4.90 Å². The fraction of sp³-hybridized carbons (Fsp3) is 0.963. The van der Waals surface area contributed by atoms with E-state index in [1.165, 1.54) is 25.8 Å². The van der Waals surface area contributed by atoms with Crippen LogP contribution in [0, 0.1) is 52.8 Å². The van der Waals surface area contributed by atoms with Gasteiger partial charge in [-0.15, -0.1) is 0 Å². The SMILES string of the molecule is C[C@H]1CC[C@@H]2N(C1)C[C@H]1[C@@H]3C[C@H]4[C@@H](CC(=O)[C@H]5C[C@@H](O)CC[C@]54C)[C@@H]3CC[C@H]1[C@]2(C)O. The van der Waals surface area contributed by atoms with E-state index < -0.39 is 5.60 Å². The van der Waals surface area contributed by atoms with Gasteiger partial charge in [0.2, 0.25) is 0 Å². The van der Waals surface area contributed by atoms with Crippen molar-refractivity contribution >= 4 is 5.78 Å². The summed E-state index contributed by atoms with van der Waals surface area (Å²) in [6, 6.07) is 0.341. The Hall–Kier alpha value is -0.450. The van der Waals surface area contributed by atoms with Crippen LogP contribution < -0.4 is 0 Å². The zero-order valence-electron chi connectivity index (χ0n) is 19.8. The lowest BCUT2D eigenvalue weighted by atomic mass is 9.51. The minimum atomic E-state index is -0.570. The smallest absolute Gasteiger partial charge is 0.136 e. The van der Waals surface area contributed by atoms with Gasteiger partial charge in [0.25, 0.3) is 0 Å². The zero-order valence-corrected chi connectivity index (χ0v) is 19.8. The van der Waals surface area contributed by atoms with Gasteiger partial charge < -0.3 is 10.2 Å². The van der Waals surface area contributed by atoms with E-state index in [2.05, 4.69) is 25.7 Å². The van der Waals surface area contributed by atoms with Gasteiger partial charge in [-0.25, -0.2) is 0 Å². The number of nitrogens with zero attached hydrogens (tertiary/aromatic N) is 1. The Morgan fingerprint density at radius 3 is 2.52 bits per heavy atom. The maximum atomic E-state index is 13.2. The number of piperidine rings is 2. The molecule has 0 amide bonds. The second-order valence-corrected chi connectivity index (χ2v) is 13.2. The van der Waals surface area contributed by atoms with E-state index in [0.717, 1.165) is 44.6 Å². The number of fused-ring (bicyclic) bond motifs is 8. The van der Waals surface area contributed by atoms with Crippen LogP contribution in [0.2, 0.25) is 0 Å². The highest BCUT2D eigenvalue weighted by atomic mass is 16.3. The number of hydrogen-bond acceptors (Lipinski definition) is 4. The Balaban J connectivity index is 1.31. The van der Waals surface area contributed by atoms with Gasteiger partial charge in [-0.3, -0.25) is 9.69 Å². The molecule has 4 aliphatic carbocycles. The van der Waals surface area contributed by atoms with Gasteiger partial charge in [0.15, 0.2) is 0 Å². The molecule has 2 heterocycles. The summed E-state index contributed by atoms with van der Waals surface area (Å²) in [5, 5.41) is 22.1. The average molecular weight is 430 g/mol. The second-order valence-electron chi connectivity index (χ2n) is 13.2. The summed E-state index contributed by atoms with van der Waals surface area (Å²) in [5.41, 5.74) is -0.482. The Morgan fingerprint density at radius 1 is 0.903 bits per heavy atom. The summed E-state index contributed by atoms with van der Waals surface area (Å²) in [5.74, 6) is 4.82. The number of aliphatic hydroxyl groups excluding tert-OH is 1. The van der Waals surface area contributed by atoms with E-state index in [1.54, 1.807) is 0 Å². The van der Waals surface area contributed by atoms with E-state index in [1.807, 2.05) is 0 Å². The molecule has 0 spiro atoms. The van der Waals surface area contributed by atoms with Gasteiger partial charge in [0, 0.05) is 31.5 Å². The third-order valence-electron chi connectivity index (χ3n) is 11.8. The molecule has 174 valence electrons. The summed E-state index contributed by atoms with van der Waals surface area (Å²) in [7, 11) is 0. The Labute approximate surface area is 188 Å². The molecule has 4 saturated carbocycles. The number of hydrogen-bond donors (Lipinski definition) is 2. The maximum absolute atomic E-state index is 13.2. The van der Waals surface area contributed by atoms with Crippen molar-refractivity contribution < 1.29 is 15.0 Å². The zero-order chi connectivity index (χ0) is 21.7. The largest absolute Gasteiger partial charge is 0.393 e. The molecule has 12 atom stereocenters. The van der Waals surface area contributed by atoms with Gasteiger partial charge in [-0.1, -0.05) is 13.8 Å². The van der Waals surface area contributed by atoms with Crippen molar-refractivity contribution in [3.8, 4) is 0 Å². The molecule has 6 fully saturated rings. The molecular formula is C27H43NO3. The first-order chi connectivity index (χ1) is 14.7. The summed E-state index contributed by atoms with van der Waals surface area (Å²) >= 11 is 0. The minimum absolute atomic E-state index is 0.0789. The molecule has 31 heavy (non-hydrogen) atoms. The normalized spacial score (nSPS) is 59.2. The van der Waals surface area contributed by atoms with Crippen LogP contribution in [0.5, 0.6) is 0 Å². The fourth-order valence-corrected chi connectivity index (χ4v) is 10.4. The number of aliphatic hydroxyl groups is 2. The van der Waals surface area contributed by atoms with E-state index >= 15 is 0 Å². The van der Waals surface area contributed by atoms with E-state index in [0.29, 0.717) is 53.8 Å². The van der Waals surface area contributed by atoms with E-state index in [9.17, 15) is 15.0 Å². The average Bonchev–Trinajstić information content (AvgIpc) is 3.09. The molecule has 0 aromatic heterocycles. The molecule has 2 N–H and O–H groups in total. The van der Waals surface area contributed by atoms with Crippen molar-refractivity contribution in [2.75, 3.05) is 13.1 Å². The van der Waals surface area contributed by atoms with Crippen molar-refractivity contribution in [2.24, 2.45) is 52.8 Å². The molecule has 6 rings (SSSR count). The molecule has 4 nitrogen and oxygen atoms in total. The molecule has 4 heteroatoms. The van der Waals surface area contributed by atoms with Crippen LogP contribution >= 0.6 is 0 Å². The summed E-state index contributed by atoms with van der Waals surface area (Å²) in [4.78, 5) is 15.9. The van der Waals surface area contributed by atoms with Crippen molar-refractivity contribution in [3.05, 3.63) is 0 Å². The first-order valence-electron chi connectivity index (χ1n) is 13.4. The lowest BCUT2D eigenvalue weighted by Crippen LogP contribution is -2.67. The molecule has 2 saturated heterocycles. The summed E-state index contributed by atoms with van der Waals surface area (Å²) < 4.78 is 0. The number of rotatable bonds is 0. The van der Waals surface area contributed by atoms with Gasteiger partial charge in [0.1, 0.15) is 5.78 Å². The highest BCUT2D eigenvalue weighted by Crippen LogP contribution is 2.66. The van der Waals surface area contributed by atoms with Crippen molar-refractivity contribution in [2.45, 2.75) is 96.3 Å². The molecule has 6 aliphatic rings. The van der Waals surface area contributed by atoms with Crippen LogP contribution in [0.1, 0.15) is 78.6 Å². The van der Waals surface area contributed by atoms with Gasteiger partial charge in [-0.05, 0) is 105 Å². The summed E-state index contributed by atoms with van der Waals surface area (Å²) in [6.45, 7) is 9.23. The topological polar surface area (TPSA) is 60.8 Å². The minimum Gasteiger partial charge on any atom is -0.393 e. The number of carbonyl (C=O) groups excluding carboxylic acids is 1. The molecule has 0 unspecified atom stereocenters. The highest BCUT2D eigenvalue weighted by Gasteiger charge is 2.64. The Bertz CT molecular complexity index is 751. The quantitative estimate of drug-likeness (QED) is 0.613. The van der Waals surface area contributed by atoms with E-state index in [-0.39, 0.29) is 17.4 Å². The monoisotopic (exact) mass is 429 g/mol. The van der Waals surface area contributed by atoms with Crippen molar-refractivity contribution in [1.29, 1.82) is 0 Å². The second kappa shape index (κ2) is 7.03. The number of Topliss-reactive ketones (excluding diaryl/α,β-unsaturated/α-hetero) is 1. The lowest BCUT2D eigenvalue weighted by Gasteiger charge is -2.59. The van der Waals surface area contributed by atoms with Gasteiger partial charge in [-0.2, -0.15) is 0 Å². The van der Waals surface area contributed by atoms with Crippen LogP contribution in [-0.2, 0) is 4.79 Å². The molecular weight excluding hydrogens is 386 g/mol. The van der Waals surface area contributed by atoms with Crippen LogP contribution in [0.4, 0.5) is 0 Å². The third-order valence-corrected chi connectivity index (χ3v) is 11.8. The van der Waals surface area contributed by atoms with Gasteiger partial charge in [0.05, 0.1) is 11.7 Å². The molecule has 0 aromatic carbocycles. The molecule has 0 aromatic rings. The Morgan fingerprint density at radius 2 is 1.71 bits per heavy atom. The van der Waals surface area contributed by atoms with Crippen molar-refractivity contribution in [3.63, 3.8) is 0 Å².